The Morgan fingerprint density at radius 3 is 1.73 bits per heavy atom. The Labute approximate surface area is 237 Å². The molecule has 190 valence electrons. The van der Waals surface area contributed by atoms with Gasteiger partial charge in [0.15, 0.2) is 0 Å². The van der Waals surface area contributed by atoms with E-state index in [1.807, 2.05) is 12.4 Å². The number of aromatic nitrogens is 1. The van der Waals surface area contributed by atoms with Crippen molar-refractivity contribution in [3.8, 4) is 44.9 Å². The normalized spacial score (nSPS) is 12.1. The van der Waals surface area contributed by atoms with Gasteiger partial charge in [0.2, 0.25) is 0 Å². The average Bonchev–Trinajstić information content (AvgIpc) is 3.04. The second-order valence-corrected chi connectivity index (χ2v) is 10.7. The van der Waals surface area contributed by atoms with Gasteiger partial charge in [-0.1, -0.05) is 109 Å². The van der Waals surface area contributed by atoms with Crippen molar-refractivity contribution in [2.24, 2.45) is 0 Å². The zero-order valence-corrected chi connectivity index (χ0v) is 22.1. The largest absolute Gasteiger partial charge is 0.456 e. The summed E-state index contributed by atoms with van der Waals surface area (Å²) in [5, 5.41) is 9.56. The molecule has 2 heteroatoms. The minimum Gasteiger partial charge on any atom is -0.456 e. The van der Waals surface area contributed by atoms with Gasteiger partial charge in [-0.3, -0.25) is 4.98 Å². The number of ether oxygens (including phenoxy) is 1. The molecule has 0 aliphatic carbocycles. The predicted octanol–water partition coefficient (Wildman–Crippen LogP) is 10.8. The lowest BCUT2D eigenvalue weighted by Gasteiger charge is -2.23. The number of nitrogens with zero attached hydrogens (tertiary/aromatic N) is 1. The second-order valence-electron chi connectivity index (χ2n) is 10.7. The molecule has 0 N–H and O–H groups in total. The summed E-state index contributed by atoms with van der Waals surface area (Å²) in [7, 11) is 0. The van der Waals surface area contributed by atoms with Crippen molar-refractivity contribution in [3.05, 3.63) is 140 Å². The molecule has 9 rings (SSSR count). The molecule has 2 heterocycles. The molecule has 0 saturated heterocycles. The van der Waals surface area contributed by atoms with Crippen molar-refractivity contribution in [2.45, 2.75) is 0 Å². The van der Waals surface area contributed by atoms with Crippen LogP contribution in [0.25, 0.3) is 76.5 Å². The first-order valence-corrected chi connectivity index (χ1v) is 14.0. The lowest BCUT2D eigenvalue weighted by Crippen LogP contribution is -1.99. The molecule has 0 saturated carbocycles. The molecule has 1 aromatic heterocycles. The standard InChI is InChI=1S/C39H23NO/c1-2-10-24(11-3-1)37-29-14-6-8-16-31(29)38(32-17-9-7-15-30(32)37)26-18-19-28-34-23-40-22-33-27-13-5-4-12-25(27)20-36(39(33)34)41-35(28)21-26/h1-23H. The highest BCUT2D eigenvalue weighted by molar-refractivity contribution is 6.22. The number of hydrogen-bond acceptors (Lipinski definition) is 2. The van der Waals surface area contributed by atoms with E-state index in [0.717, 1.165) is 44.3 Å². The smallest absolute Gasteiger partial charge is 0.136 e. The summed E-state index contributed by atoms with van der Waals surface area (Å²) >= 11 is 0. The van der Waals surface area contributed by atoms with E-state index >= 15 is 0 Å². The highest BCUT2D eigenvalue weighted by Crippen LogP contribution is 2.50. The predicted molar refractivity (Wildman–Crippen MR) is 171 cm³/mol. The number of pyridine rings is 1. The summed E-state index contributed by atoms with van der Waals surface area (Å²) in [6, 6.07) is 45.5. The lowest BCUT2D eigenvalue weighted by atomic mass is 9.85. The van der Waals surface area contributed by atoms with E-state index in [-0.39, 0.29) is 0 Å². The molecule has 41 heavy (non-hydrogen) atoms. The van der Waals surface area contributed by atoms with Crippen molar-refractivity contribution >= 4 is 43.1 Å². The van der Waals surface area contributed by atoms with Crippen molar-refractivity contribution in [2.75, 3.05) is 0 Å². The quantitative estimate of drug-likeness (QED) is 0.167. The van der Waals surface area contributed by atoms with Crippen LogP contribution in [0.15, 0.2) is 140 Å². The molecule has 2 nitrogen and oxygen atoms in total. The van der Waals surface area contributed by atoms with Crippen LogP contribution in [0, 0.1) is 0 Å². The van der Waals surface area contributed by atoms with Gasteiger partial charge in [0.25, 0.3) is 0 Å². The maximum atomic E-state index is 6.71. The summed E-state index contributed by atoms with van der Waals surface area (Å²) in [5.41, 5.74) is 7.05. The average molecular weight is 522 g/mol. The zero-order chi connectivity index (χ0) is 26.9. The molecule has 0 bridgehead atoms. The van der Waals surface area contributed by atoms with E-state index in [2.05, 4.69) is 132 Å². The maximum absolute atomic E-state index is 6.71. The Bertz CT molecular complexity index is 2280. The third-order valence-electron chi connectivity index (χ3n) is 8.50. The van der Waals surface area contributed by atoms with Gasteiger partial charge in [-0.2, -0.15) is 0 Å². The number of fused-ring (bicyclic) bond motifs is 6. The molecule has 8 aromatic rings. The van der Waals surface area contributed by atoms with Gasteiger partial charge >= 0.3 is 0 Å². The summed E-state index contributed by atoms with van der Waals surface area (Å²) in [6.45, 7) is 0. The third kappa shape index (κ3) is 3.22. The van der Waals surface area contributed by atoms with Crippen LogP contribution in [0.4, 0.5) is 0 Å². The van der Waals surface area contributed by atoms with E-state index in [0.29, 0.717) is 0 Å². The number of benzene rings is 7. The molecule has 7 aromatic carbocycles. The molecule has 0 fully saturated rings. The van der Waals surface area contributed by atoms with E-state index in [9.17, 15) is 0 Å². The Kier molecular flexibility index (Phi) is 4.64. The van der Waals surface area contributed by atoms with Crippen molar-refractivity contribution in [3.63, 3.8) is 0 Å². The van der Waals surface area contributed by atoms with Crippen molar-refractivity contribution < 1.29 is 4.74 Å². The first kappa shape index (κ1) is 22.4. The zero-order valence-electron chi connectivity index (χ0n) is 22.1. The van der Waals surface area contributed by atoms with E-state index in [1.165, 1.54) is 43.6 Å². The topological polar surface area (TPSA) is 22.1 Å². The third-order valence-corrected chi connectivity index (χ3v) is 8.50. The van der Waals surface area contributed by atoms with Crippen LogP contribution < -0.4 is 4.74 Å². The van der Waals surface area contributed by atoms with Crippen LogP contribution in [0.5, 0.6) is 11.5 Å². The minimum atomic E-state index is 0.861. The van der Waals surface area contributed by atoms with Gasteiger partial charge in [0.05, 0.1) is 0 Å². The van der Waals surface area contributed by atoms with Crippen LogP contribution in [0.1, 0.15) is 0 Å². The van der Waals surface area contributed by atoms with Crippen LogP contribution in [0.3, 0.4) is 0 Å². The minimum absolute atomic E-state index is 0.861. The highest BCUT2D eigenvalue weighted by Gasteiger charge is 2.24. The summed E-state index contributed by atoms with van der Waals surface area (Å²) in [5.74, 6) is 1.75. The van der Waals surface area contributed by atoms with Gasteiger partial charge in [0.1, 0.15) is 11.5 Å². The van der Waals surface area contributed by atoms with Gasteiger partial charge in [-0.05, 0) is 72.8 Å². The van der Waals surface area contributed by atoms with Crippen LogP contribution in [0.2, 0.25) is 0 Å². The molecule has 0 spiro atoms. The summed E-state index contributed by atoms with van der Waals surface area (Å²) in [6.07, 6.45) is 3.93. The van der Waals surface area contributed by atoms with Crippen LogP contribution in [-0.2, 0) is 0 Å². The Hall–Kier alpha value is -5.47. The van der Waals surface area contributed by atoms with Crippen molar-refractivity contribution in [1.29, 1.82) is 0 Å². The Balaban J connectivity index is 1.32. The molecule has 0 unspecified atom stereocenters. The second kappa shape index (κ2) is 8.51. The summed E-state index contributed by atoms with van der Waals surface area (Å²) < 4.78 is 6.71. The van der Waals surface area contributed by atoms with E-state index < -0.39 is 0 Å². The van der Waals surface area contributed by atoms with Crippen LogP contribution in [-0.4, -0.2) is 4.98 Å². The van der Waals surface area contributed by atoms with Gasteiger partial charge < -0.3 is 4.74 Å². The first-order valence-electron chi connectivity index (χ1n) is 14.0. The van der Waals surface area contributed by atoms with Crippen molar-refractivity contribution in [1.82, 2.24) is 4.98 Å². The summed E-state index contributed by atoms with van der Waals surface area (Å²) in [4.78, 5) is 4.65. The monoisotopic (exact) mass is 521 g/mol. The Morgan fingerprint density at radius 1 is 0.415 bits per heavy atom. The van der Waals surface area contributed by atoms with Crippen LogP contribution >= 0.6 is 0 Å². The van der Waals surface area contributed by atoms with Gasteiger partial charge in [-0.25, -0.2) is 0 Å². The molecule has 1 aliphatic rings. The highest BCUT2D eigenvalue weighted by atomic mass is 16.5. The molecule has 0 atom stereocenters. The fraction of sp³-hybridized carbons (Fsp3) is 0. The SMILES string of the molecule is c1ccc(-c2c3ccccc3c(-c3ccc4c(c3)Oc3cc5ccccc5c5cncc-4c35)c3ccccc23)cc1. The number of hydrogen-bond donors (Lipinski definition) is 0. The fourth-order valence-corrected chi connectivity index (χ4v) is 6.75. The van der Waals surface area contributed by atoms with E-state index in [1.54, 1.807) is 0 Å². The van der Waals surface area contributed by atoms with E-state index in [4.69, 9.17) is 4.74 Å². The van der Waals surface area contributed by atoms with Gasteiger partial charge in [-0.15, -0.1) is 0 Å². The lowest BCUT2D eigenvalue weighted by molar-refractivity contribution is 0.488. The fourth-order valence-electron chi connectivity index (χ4n) is 6.75. The molecule has 1 aliphatic heterocycles. The molecular formula is C39H23NO. The Morgan fingerprint density at radius 2 is 1.02 bits per heavy atom. The van der Waals surface area contributed by atoms with Gasteiger partial charge in [0, 0.05) is 34.3 Å². The number of rotatable bonds is 2. The molecule has 0 amide bonds. The maximum Gasteiger partial charge on any atom is 0.136 e. The molecular weight excluding hydrogens is 498 g/mol. The molecule has 0 radical (unpaired) electrons. The first-order chi connectivity index (χ1) is 20.3.